The van der Waals surface area contributed by atoms with Crippen LogP contribution in [0, 0.1) is 0 Å². The Morgan fingerprint density at radius 2 is 1.97 bits per heavy atom. The lowest BCUT2D eigenvalue weighted by Gasteiger charge is -2.32. The number of aromatic nitrogens is 2. The van der Waals surface area contributed by atoms with Crippen LogP contribution in [0.15, 0.2) is 5.38 Å². The molecular formula is C20H30N6O4S. The normalized spacial score (nSPS) is 15.2. The largest absolute Gasteiger partial charge is 0.443 e. The Balaban J connectivity index is 1.87. The molecule has 3 rings (SSSR count). The summed E-state index contributed by atoms with van der Waals surface area (Å²) in [5.74, 6) is -0.244. The smallest absolute Gasteiger partial charge is 0.410 e. The van der Waals surface area contributed by atoms with Gasteiger partial charge in [0.15, 0.2) is 0 Å². The Hall–Kier alpha value is -2.50. The summed E-state index contributed by atoms with van der Waals surface area (Å²) in [6.07, 6.45) is -0.119. The molecule has 2 aromatic heterocycles. The number of hydrogen-bond acceptors (Lipinski definition) is 9. The second-order valence-corrected chi connectivity index (χ2v) is 9.75. The molecule has 170 valence electrons. The average Bonchev–Trinajstić information content (AvgIpc) is 3.12. The number of amides is 2. The molecule has 0 spiro atoms. The highest BCUT2D eigenvalue weighted by Crippen LogP contribution is 2.31. The lowest BCUT2D eigenvalue weighted by molar-refractivity contribution is 0.0117. The summed E-state index contributed by atoms with van der Waals surface area (Å²) in [4.78, 5) is 36.3. The zero-order valence-electron chi connectivity index (χ0n) is 18.3. The number of nitrogen functional groups attached to an aromatic ring is 1. The number of nitrogens with two attached hydrogens (primary N) is 1. The van der Waals surface area contributed by atoms with E-state index in [1.54, 1.807) is 38.0 Å². The van der Waals surface area contributed by atoms with Crippen molar-refractivity contribution in [1.82, 2.24) is 25.5 Å². The molecule has 3 heterocycles. The fourth-order valence-electron chi connectivity index (χ4n) is 3.33. The highest BCUT2D eigenvalue weighted by Gasteiger charge is 2.31. The van der Waals surface area contributed by atoms with E-state index in [2.05, 4.69) is 20.6 Å². The van der Waals surface area contributed by atoms with Crippen molar-refractivity contribution in [3.05, 3.63) is 16.6 Å². The van der Waals surface area contributed by atoms with Crippen molar-refractivity contribution >= 4 is 39.5 Å². The Morgan fingerprint density at radius 1 is 1.29 bits per heavy atom. The number of ether oxygens (including phenoxy) is 1. The summed E-state index contributed by atoms with van der Waals surface area (Å²) in [5.41, 5.74) is 5.18. The minimum atomic E-state index is -0.879. The van der Waals surface area contributed by atoms with E-state index in [9.17, 15) is 14.7 Å². The van der Waals surface area contributed by atoms with Crippen molar-refractivity contribution in [2.45, 2.75) is 45.3 Å². The predicted molar refractivity (Wildman–Crippen MR) is 119 cm³/mol. The van der Waals surface area contributed by atoms with E-state index in [-0.39, 0.29) is 31.0 Å². The molecule has 2 amide bonds. The highest BCUT2D eigenvalue weighted by molar-refractivity contribution is 7.17. The molecule has 0 aromatic carbocycles. The van der Waals surface area contributed by atoms with Gasteiger partial charge in [-0.25, -0.2) is 14.8 Å². The van der Waals surface area contributed by atoms with Gasteiger partial charge in [0.05, 0.1) is 23.4 Å². The Bertz CT molecular complexity index is 968. The highest BCUT2D eigenvalue weighted by atomic mass is 32.1. The predicted octanol–water partition coefficient (Wildman–Crippen LogP) is 1.14. The van der Waals surface area contributed by atoms with Crippen LogP contribution < -0.4 is 16.4 Å². The van der Waals surface area contributed by atoms with Gasteiger partial charge in [-0.05, 0) is 27.7 Å². The zero-order chi connectivity index (χ0) is 22.8. The number of thiophene rings is 1. The molecule has 0 saturated carbocycles. The van der Waals surface area contributed by atoms with E-state index in [1.807, 2.05) is 0 Å². The number of hydrogen-bond donors (Lipinski definition) is 4. The van der Waals surface area contributed by atoms with Gasteiger partial charge in [-0.2, -0.15) is 0 Å². The molecule has 1 aliphatic rings. The van der Waals surface area contributed by atoms with Crippen molar-refractivity contribution in [1.29, 1.82) is 0 Å². The Labute approximate surface area is 185 Å². The van der Waals surface area contributed by atoms with Crippen LogP contribution in [-0.4, -0.2) is 75.9 Å². The molecule has 11 heteroatoms. The van der Waals surface area contributed by atoms with Gasteiger partial charge in [0.2, 0.25) is 5.95 Å². The summed E-state index contributed by atoms with van der Waals surface area (Å²) < 4.78 is 5.77. The fraction of sp³-hybridized carbons (Fsp3) is 0.600. The van der Waals surface area contributed by atoms with E-state index in [0.29, 0.717) is 34.6 Å². The van der Waals surface area contributed by atoms with Crippen LogP contribution in [0.2, 0.25) is 0 Å². The number of nitrogens with one attached hydrogen (secondary N) is 2. The summed E-state index contributed by atoms with van der Waals surface area (Å²) in [6, 6.07) is 0. The molecule has 2 aromatic rings. The minimum Gasteiger partial charge on any atom is -0.443 e. The van der Waals surface area contributed by atoms with Crippen molar-refractivity contribution in [3.63, 3.8) is 0 Å². The number of piperazine rings is 1. The zero-order valence-corrected chi connectivity index (χ0v) is 19.1. The third-order valence-corrected chi connectivity index (χ3v) is 5.82. The quantitative estimate of drug-likeness (QED) is 0.513. The average molecular weight is 451 g/mol. The number of rotatable bonds is 6. The number of carbonyl (C=O) groups is 2. The van der Waals surface area contributed by atoms with Crippen molar-refractivity contribution in [2.24, 2.45) is 0 Å². The standard InChI is InChI=1S/C20H30N6O4S/c1-19(2,11-27)25-15(28)12-10-31-16-14(12)13(23-17(21)24-16)9-20(3,4)30-18(29)26-7-5-22-6-8-26/h10,22,27H,5-9,11H2,1-4H3,(H,25,28)(H2,21,23,24). The van der Waals surface area contributed by atoms with Crippen molar-refractivity contribution in [2.75, 3.05) is 38.5 Å². The first-order chi connectivity index (χ1) is 14.5. The number of anilines is 1. The van der Waals surface area contributed by atoms with Crippen LogP contribution >= 0.6 is 11.3 Å². The van der Waals surface area contributed by atoms with Gasteiger partial charge in [-0.15, -0.1) is 11.3 Å². The molecule has 0 radical (unpaired) electrons. The fourth-order valence-corrected chi connectivity index (χ4v) is 4.28. The molecule has 0 aliphatic carbocycles. The third kappa shape index (κ3) is 5.60. The minimum absolute atomic E-state index is 0.0937. The molecular weight excluding hydrogens is 420 g/mol. The summed E-state index contributed by atoms with van der Waals surface area (Å²) in [5, 5.41) is 17.8. The molecule has 1 fully saturated rings. The first kappa shape index (κ1) is 23.2. The van der Waals surface area contributed by atoms with Crippen molar-refractivity contribution in [3.8, 4) is 0 Å². The van der Waals surface area contributed by atoms with Crippen LogP contribution in [0.25, 0.3) is 10.2 Å². The van der Waals surface area contributed by atoms with Gasteiger partial charge in [-0.1, -0.05) is 0 Å². The number of carbonyl (C=O) groups excluding carboxylic acids is 2. The first-order valence-electron chi connectivity index (χ1n) is 10.2. The van der Waals surface area contributed by atoms with Crippen molar-refractivity contribution < 1.29 is 19.4 Å². The van der Waals surface area contributed by atoms with E-state index >= 15 is 0 Å². The second kappa shape index (κ2) is 8.93. The maximum atomic E-state index is 12.9. The second-order valence-electron chi connectivity index (χ2n) is 8.90. The first-order valence-corrected chi connectivity index (χ1v) is 11.0. The molecule has 0 atom stereocenters. The Kier molecular flexibility index (Phi) is 6.68. The molecule has 1 saturated heterocycles. The van der Waals surface area contributed by atoms with Gasteiger partial charge in [0.25, 0.3) is 5.91 Å². The van der Waals surface area contributed by atoms with Gasteiger partial charge < -0.3 is 31.1 Å². The molecule has 10 nitrogen and oxygen atoms in total. The lowest BCUT2D eigenvalue weighted by Crippen LogP contribution is -2.48. The van der Waals surface area contributed by atoms with E-state index in [4.69, 9.17) is 10.5 Å². The number of nitrogens with zero attached hydrogens (tertiary/aromatic N) is 3. The molecule has 0 unspecified atom stereocenters. The van der Waals surface area contributed by atoms with E-state index in [1.165, 1.54) is 11.3 Å². The SMILES string of the molecule is CC(C)(CO)NC(=O)c1csc2nc(N)nc(CC(C)(C)OC(=O)N3CCNCC3)c12. The van der Waals surface area contributed by atoms with Crippen LogP contribution in [0.4, 0.5) is 10.7 Å². The summed E-state index contributed by atoms with van der Waals surface area (Å²) >= 11 is 1.29. The summed E-state index contributed by atoms with van der Waals surface area (Å²) in [7, 11) is 0. The molecule has 1 aliphatic heterocycles. The number of fused-ring (bicyclic) bond motifs is 1. The van der Waals surface area contributed by atoms with Gasteiger partial charge in [0, 0.05) is 43.4 Å². The summed E-state index contributed by atoms with van der Waals surface area (Å²) in [6.45, 7) is 9.51. The topological polar surface area (TPSA) is 143 Å². The van der Waals surface area contributed by atoms with Crippen LogP contribution in [0.5, 0.6) is 0 Å². The van der Waals surface area contributed by atoms with Gasteiger partial charge in [-0.3, -0.25) is 4.79 Å². The van der Waals surface area contributed by atoms with Crippen LogP contribution in [0.1, 0.15) is 43.7 Å². The molecule has 5 N–H and O–H groups in total. The number of aliphatic hydroxyl groups is 1. The maximum Gasteiger partial charge on any atom is 0.410 e. The molecule has 31 heavy (non-hydrogen) atoms. The molecule has 0 bridgehead atoms. The van der Waals surface area contributed by atoms with Gasteiger partial charge >= 0.3 is 6.09 Å². The monoisotopic (exact) mass is 450 g/mol. The van der Waals surface area contributed by atoms with E-state index in [0.717, 1.165) is 13.1 Å². The Morgan fingerprint density at radius 3 is 2.61 bits per heavy atom. The van der Waals surface area contributed by atoms with Crippen LogP contribution in [-0.2, 0) is 11.2 Å². The lowest BCUT2D eigenvalue weighted by atomic mass is 9.98. The maximum absolute atomic E-state index is 12.9. The van der Waals surface area contributed by atoms with Crippen LogP contribution in [0.3, 0.4) is 0 Å². The van der Waals surface area contributed by atoms with Gasteiger partial charge in [0.1, 0.15) is 10.4 Å². The third-order valence-electron chi connectivity index (χ3n) is 4.95. The van der Waals surface area contributed by atoms with E-state index < -0.39 is 11.1 Å². The number of aliphatic hydroxyl groups excluding tert-OH is 1.